The molecule has 9 heteroatoms. The Hall–Kier alpha value is -2.78. The van der Waals surface area contributed by atoms with E-state index in [0.29, 0.717) is 11.3 Å². The molecule has 148 valence electrons. The summed E-state index contributed by atoms with van der Waals surface area (Å²) in [5, 5.41) is 16.7. The Balaban J connectivity index is 1.67. The van der Waals surface area contributed by atoms with Gasteiger partial charge in [0.1, 0.15) is 10.8 Å². The van der Waals surface area contributed by atoms with Crippen LogP contribution in [0.3, 0.4) is 0 Å². The number of ether oxygens (including phenoxy) is 1. The summed E-state index contributed by atoms with van der Waals surface area (Å²) >= 11 is 4.87. The first-order valence-corrected chi connectivity index (χ1v) is 10.6. The Labute approximate surface area is 179 Å². The van der Waals surface area contributed by atoms with Crippen LogP contribution in [0.2, 0.25) is 0 Å². The quantitative estimate of drug-likeness (QED) is 0.454. The van der Waals surface area contributed by atoms with Gasteiger partial charge in [-0.15, -0.1) is 10.2 Å². The number of hydrogen-bond donors (Lipinski definition) is 1. The highest BCUT2D eigenvalue weighted by Gasteiger charge is 2.16. The van der Waals surface area contributed by atoms with Crippen molar-refractivity contribution in [1.29, 1.82) is 0 Å². The van der Waals surface area contributed by atoms with Crippen molar-refractivity contribution >= 4 is 43.8 Å². The van der Waals surface area contributed by atoms with Crippen molar-refractivity contribution in [2.75, 3.05) is 12.4 Å². The molecule has 4 aromatic rings. The minimum absolute atomic E-state index is 0.241. The van der Waals surface area contributed by atoms with E-state index in [1.165, 1.54) is 11.3 Å². The number of anilines is 1. The van der Waals surface area contributed by atoms with Crippen molar-refractivity contribution in [1.82, 2.24) is 19.8 Å². The molecule has 0 bridgehead atoms. The molecule has 1 amide bonds. The third kappa shape index (κ3) is 3.75. The number of methoxy groups -OCH3 is 1. The van der Waals surface area contributed by atoms with Crippen LogP contribution in [0.5, 0.6) is 5.75 Å². The Kier molecular flexibility index (Phi) is 5.33. The van der Waals surface area contributed by atoms with Crippen LogP contribution in [-0.2, 0) is 6.42 Å². The number of rotatable bonds is 5. The number of benzene rings is 2. The zero-order valence-corrected chi connectivity index (χ0v) is 18.5. The molecular formula is C20H18BrN5O2S. The fraction of sp³-hybridized carbons (Fsp3) is 0.200. The van der Waals surface area contributed by atoms with Gasteiger partial charge in [0, 0.05) is 22.1 Å². The maximum atomic E-state index is 12.9. The topological polar surface area (TPSA) is 81.4 Å². The van der Waals surface area contributed by atoms with Gasteiger partial charge in [-0.05, 0) is 36.8 Å². The van der Waals surface area contributed by atoms with Gasteiger partial charge in [0.25, 0.3) is 5.91 Å². The van der Waals surface area contributed by atoms with Crippen LogP contribution in [0.25, 0.3) is 15.5 Å². The van der Waals surface area contributed by atoms with E-state index in [0.717, 1.165) is 43.5 Å². The average Bonchev–Trinajstić information content (AvgIpc) is 3.30. The van der Waals surface area contributed by atoms with Gasteiger partial charge in [0.15, 0.2) is 5.82 Å². The lowest BCUT2D eigenvalue weighted by atomic mass is 10.1. The molecule has 0 unspecified atom stereocenters. The zero-order chi connectivity index (χ0) is 20.5. The number of halogens is 1. The van der Waals surface area contributed by atoms with Crippen molar-refractivity contribution in [3.63, 3.8) is 0 Å². The van der Waals surface area contributed by atoms with Gasteiger partial charge in [-0.1, -0.05) is 46.3 Å². The molecule has 2 aromatic carbocycles. The number of hydrogen-bond acceptors (Lipinski definition) is 6. The monoisotopic (exact) mass is 471 g/mol. The molecule has 0 atom stereocenters. The van der Waals surface area contributed by atoms with Gasteiger partial charge in [-0.2, -0.15) is 9.61 Å². The van der Waals surface area contributed by atoms with E-state index in [9.17, 15) is 4.79 Å². The highest BCUT2D eigenvalue weighted by Crippen LogP contribution is 2.30. The van der Waals surface area contributed by atoms with Crippen molar-refractivity contribution in [3.8, 4) is 16.3 Å². The molecule has 0 aliphatic carbocycles. The fourth-order valence-corrected chi connectivity index (χ4v) is 4.15. The molecule has 0 radical (unpaired) electrons. The number of amides is 1. The summed E-state index contributed by atoms with van der Waals surface area (Å²) < 4.78 is 7.90. The minimum Gasteiger partial charge on any atom is -0.496 e. The van der Waals surface area contributed by atoms with Crippen molar-refractivity contribution in [2.24, 2.45) is 0 Å². The van der Waals surface area contributed by atoms with Crippen LogP contribution >= 0.6 is 27.3 Å². The van der Waals surface area contributed by atoms with Crippen LogP contribution in [0, 0.1) is 6.92 Å². The summed E-state index contributed by atoms with van der Waals surface area (Å²) in [5.74, 6) is 1.10. The standard InChI is InChI=1S/C20H18BrN5O2S/c1-4-17-23-24-20-26(17)25-19(29-20)12-6-5-11(2)15(9-12)22-18(27)14-10-13(21)7-8-16(14)28-3/h5-10H,4H2,1-3H3,(H,22,27). The van der Waals surface area contributed by atoms with Gasteiger partial charge < -0.3 is 10.1 Å². The molecule has 0 aliphatic rings. The maximum absolute atomic E-state index is 12.9. The normalized spacial score (nSPS) is 11.0. The first-order chi connectivity index (χ1) is 14.0. The van der Waals surface area contributed by atoms with E-state index in [1.54, 1.807) is 23.8 Å². The Morgan fingerprint density at radius 1 is 1.24 bits per heavy atom. The lowest BCUT2D eigenvalue weighted by Gasteiger charge is -2.12. The predicted octanol–water partition coefficient (Wildman–Crippen LogP) is 4.75. The second-order valence-electron chi connectivity index (χ2n) is 6.40. The van der Waals surface area contributed by atoms with Gasteiger partial charge in [-0.3, -0.25) is 4.79 Å². The number of fused-ring (bicyclic) bond motifs is 1. The van der Waals surface area contributed by atoms with Gasteiger partial charge >= 0.3 is 0 Å². The van der Waals surface area contributed by atoms with E-state index in [2.05, 4.69) is 36.5 Å². The van der Waals surface area contributed by atoms with E-state index < -0.39 is 0 Å². The molecule has 4 rings (SSSR count). The number of aromatic nitrogens is 4. The Bertz CT molecular complexity index is 1220. The fourth-order valence-electron chi connectivity index (χ4n) is 2.93. The SMILES string of the molecule is CCc1nnc2sc(-c3ccc(C)c(NC(=O)c4cc(Br)ccc4OC)c3)nn12. The second kappa shape index (κ2) is 7.92. The van der Waals surface area contributed by atoms with Crippen LogP contribution in [0.4, 0.5) is 5.69 Å². The predicted molar refractivity (Wildman–Crippen MR) is 117 cm³/mol. The molecule has 0 saturated carbocycles. The largest absolute Gasteiger partial charge is 0.496 e. The van der Waals surface area contributed by atoms with Gasteiger partial charge in [0.05, 0.1) is 12.7 Å². The minimum atomic E-state index is -0.241. The number of aryl methyl sites for hydroxylation is 2. The summed E-state index contributed by atoms with van der Waals surface area (Å²) in [5.41, 5.74) is 3.03. The molecule has 29 heavy (non-hydrogen) atoms. The van der Waals surface area contributed by atoms with E-state index in [1.807, 2.05) is 38.1 Å². The van der Waals surface area contributed by atoms with Gasteiger partial charge in [0.2, 0.25) is 4.96 Å². The number of nitrogens with zero attached hydrogens (tertiary/aromatic N) is 4. The third-order valence-electron chi connectivity index (χ3n) is 4.51. The van der Waals surface area contributed by atoms with E-state index in [-0.39, 0.29) is 5.91 Å². The van der Waals surface area contributed by atoms with Crippen molar-refractivity contribution in [3.05, 3.63) is 57.8 Å². The molecular weight excluding hydrogens is 454 g/mol. The second-order valence-corrected chi connectivity index (χ2v) is 8.27. The maximum Gasteiger partial charge on any atom is 0.259 e. The molecule has 0 aliphatic heterocycles. The first-order valence-electron chi connectivity index (χ1n) is 8.97. The Morgan fingerprint density at radius 2 is 2.07 bits per heavy atom. The van der Waals surface area contributed by atoms with E-state index >= 15 is 0 Å². The van der Waals surface area contributed by atoms with E-state index in [4.69, 9.17) is 4.74 Å². The van der Waals surface area contributed by atoms with Crippen molar-refractivity contribution in [2.45, 2.75) is 20.3 Å². The van der Waals surface area contributed by atoms with Crippen LogP contribution < -0.4 is 10.1 Å². The van der Waals surface area contributed by atoms with Crippen LogP contribution in [0.15, 0.2) is 40.9 Å². The molecule has 2 aromatic heterocycles. The highest BCUT2D eigenvalue weighted by molar-refractivity contribution is 9.10. The summed E-state index contributed by atoms with van der Waals surface area (Å²) in [6, 6.07) is 11.2. The Morgan fingerprint density at radius 3 is 2.83 bits per heavy atom. The lowest BCUT2D eigenvalue weighted by molar-refractivity contribution is 0.102. The summed E-state index contributed by atoms with van der Waals surface area (Å²) in [6.45, 7) is 3.97. The summed E-state index contributed by atoms with van der Waals surface area (Å²) in [7, 11) is 1.55. The molecule has 1 N–H and O–H groups in total. The number of carbonyl (C=O) groups is 1. The third-order valence-corrected chi connectivity index (χ3v) is 5.95. The zero-order valence-electron chi connectivity index (χ0n) is 16.1. The number of carbonyl (C=O) groups excluding carboxylic acids is 1. The van der Waals surface area contributed by atoms with Crippen LogP contribution in [0.1, 0.15) is 28.7 Å². The first kappa shape index (κ1) is 19.5. The van der Waals surface area contributed by atoms with Crippen molar-refractivity contribution < 1.29 is 9.53 Å². The highest BCUT2D eigenvalue weighted by atomic mass is 79.9. The molecule has 0 saturated heterocycles. The molecule has 7 nitrogen and oxygen atoms in total. The molecule has 0 fully saturated rings. The average molecular weight is 472 g/mol. The summed E-state index contributed by atoms with van der Waals surface area (Å²) in [4.78, 5) is 13.6. The van der Waals surface area contributed by atoms with Crippen LogP contribution in [-0.4, -0.2) is 32.8 Å². The van der Waals surface area contributed by atoms with Gasteiger partial charge in [-0.25, -0.2) is 0 Å². The lowest BCUT2D eigenvalue weighted by Crippen LogP contribution is -2.14. The smallest absolute Gasteiger partial charge is 0.259 e. The molecule has 0 spiro atoms. The summed E-state index contributed by atoms with van der Waals surface area (Å²) in [6.07, 6.45) is 0.758. The molecule has 2 heterocycles. The number of nitrogens with one attached hydrogen (secondary N) is 1.